The number of piperidine rings is 1. The Labute approximate surface area is 159 Å². The molecule has 2 aliphatic heterocycles. The van der Waals surface area contributed by atoms with Crippen molar-refractivity contribution in [2.45, 2.75) is 55.4 Å². The molecule has 0 aromatic heterocycles. The fourth-order valence-electron chi connectivity index (χ4n) is 5.12. The number of thioether (sulfide) groups is 1. The van der Waals surface area contributed by atoms with Gasteiger partial charge in [0.25, 0.3) is 0 Å². The van der Waals surface area contributed by atoms with Crippen LogP contribution in [0, 0.1) is 11.8 Å². The first-order valence-corrected chi connectivity index (χ1v) is 10.7. The van der Waals surface area contributed by atoms with Gasteiger partial charge < -0.3 is 16.2 Å². The first kappa shape index (κ1) is 18.1. The van der Waals surface area contributed by atoms with Crippen LogP contribution in [0.5, 0.6) is 0 Å². The number of nitrogens with one attached hydrogen (secondary N) is 1. The number of aliphatic hydroxyl groups excluding tert-OH is 1. The summed E-state index contributed by atoms with van der Waals surface area (Å²) in [6.45, 7) is 2.82. The number of amides is 1. The molecule has 26 heavy (non-hydrogen) atoms. The molecule has 1 aromatic carbocycles. The number of carbonyl (C=O) groups excluding carboxylic acids is 1. The van der Waals surface area contributed by atoms with E-state index in [4.69, 9.17) is 5.73 Å². The standard InChI is InChI=1S/C21H28N2O2S/c1-2-12(11-22)13-3-5-14(6-4-13)18-17(24)8-7-16-19(18)15-9-10-26-20(15)21(25)23-16/h3-6,9-10,12,15-20,24H,2,7-8,11,22H2,1H3,(H,23,25). The molecule has 7 atom stereocenters. The van der Waals surface area contributed by atoms with E-state index in [1.54, 1.807) is 11.8 Å². The fraction of sp³-hybridized carbons (Fsp3) is 0.571. The van der Waals surface area contributed by atoms with Crippen LogP contribution >= 0.6 is 11.8 Å². The van der Waals surface area contributed by atoms with Gasteiger partial charge in [0.1, 0.15) is 0 Å². The molecule has 0 bridgehead atoms. The lowest BCUT2D eigenvalue weighted by molar-refractivity contribution is -0.126. The second kappa shape index (κ2) is 7.37. The van der Waals surface area contributed by atoms with Gasteiger partial charge in [-0.25, -0.2) is 0 Å². The van der Waals surface area contributed by atoms with Gasteiger partial charge in [0.2, 0.25) is 5.91 Å². The maximum absolute atomic E-state index is 12.4. The lowest BCUT2D eigenvalue weighted by atomic mass is 9.63. The normalized spacial score (nSPS) is 37.0. The number of benzene rings is 1. The number of aliphatic hydroxyl groups is 1. The summed E-state index contributed by atoms with van der Waals surface area (Å²) in [5, 5.41) is 16.1. The lowest BCUT2D eigenvalue weighted by Gasteiger charge is -2.48. The Kier molecular flexibility index (Phi) is 5.13. The van der Waals surface area contributed by atoms with E-state index in [9.17, 15) is 9.90 Å². The minimum Gasteiger partial charge on any atom is -0.392 e. The van der Waals surface area contributed by atoms with Crippen molar-refractivity contribution in [1.82, 2.24) is 5.32 Å². The Bertz CT molecular complexity index is 686. The van der Waals surface area contributed by atoms with Crippen LogP contribution in [0.25, 0.3) is 0 Å². The largest absolute Gasteiger partial charge is 0.392 e. The molecule has 3 aliphatic rings. The van der Waals surface area contributed by atoms with Crippen LogP contribution in [0.3, 0.4) is 0 Å². The fourth-order valence-corrected chi connectivity index (χ4v) is 6.21. The van der Waals surface area contributed by atoms with Crippen LogP contribution in [0.2, 0.25) is 0 Å². The first-order chi connectivity index (χ1) is 12.6. The zero-order chi connectivity index (χ0) is 18.3. The molecule has 4 N–H and O–H groups in total. The van der Waals surface area contributed by atoms with Gasteiger partial charge in [-0.15, -0.1) is 11.8 Å². The average Bonchev–Trinajstić information content (AvgIpc) is 3.15. The molecular formula is C21H28N2O2S. The molecule has 2 fully saturated rings. The predicted octanol–water partition coefficient (Wildman–Crippen LogP) is 2.74. The van der Waals surface area contributed by atoms with E-state index in [1.165, 1.54) is 11.1 Å². The van der Waals surface area contributed by atoms with Gasteiger partial charge in [0.05, 0.1) is 11.4 Å². The van der Waals surface area contributed by atoms with Gasteiger partial charge in [-0.2, -0.15) is 0 Å². The summed E-state index contributed by atoms with van der Waals surface area (Å²) in [6.07, 6.45) is 4.46. The molecule has 140 valence electrons. The van der Waals surface area contributed by atoms with Gasteiger partial charge in [-0.3, -0.25) is 4.79 Å². The van der Waals surface area contributed by atoms with Crippen molar-refractivity contribution < 1.29 is 9.90 Å². The van der Waals surface area contributed by atoms with Crippen molar-refractivity contribution in [2.24, 2.45) is 17.6 Å². The van der Waals surface area contributed by atoms with Gasteiger partial charge in [-0.1, -0.05) is 37.3 Å². The molecule has 1 aromatic rings. The summed E-state index contributed by atoms with van der Waals surface area (Å²) < 4.78 is 0. The number of rotatable bonds is 4. The van der Waals surface area contributed by atoms with Crippen LogP contribution in [-0.2, 0) is 4.79 Å². The number of fused-ring (bicyclic) bond motifs is 3. The molecule has 1 amide bonds. The van der Waals surface area contributed by atoms with Crippen molar-refractivity contribution in [1.29, 1.82) is 0 Å². The van der Waals surface area contributed by atoms with E-state index in [0.717, 1.165) is 19.3 Å². The molecule has 4 rings (SSSR count). The highest BCUT2D eigenvalue weighted by Gasteiger charge is 2.51. The molecule has 2 heterocycles. The summed E-state index contributed by atoms with van der Waals surface area (Å²) in [5.41, 5.74) is 8.34. The van der Waals surface area contributed by atoms with Crippen molar-refractivity contribution in [3.63, 3.8) is 0 Å². The van der Waals surface area contributed by atoms with Crippen LogP contribution < -0.4 is 11.1 Å². The number of hydrogen-bond donors (Lipinski definition) is 3. The van der Waals surface area contributed by atoms with E-state index >= 15 is 0 Å². The summed E-state index contributed by atoms with van der Waals surface area (Å²) in [5.74, 6) is 1.09. The lowest BCUT2D eigenvalue weighted by Crippen LogP contribution is -2.59. The smallest absolute Gasteiger partial charge is 0.234 e. The van der Waals surface area contributed by atoms with Gasteiger partial charge in [0.15, 0.2) is 0 Å². The summed E-state index contributed by atoms with van der Waals surface area (Å²) >= 11 is 1.61. The third-order valence-corrected chi connectivity index (χ3v) is 7.68. The first-order valence-electron chi connectivity index (χ1n) is 9.74. The van der Waals surface area contributed by atoms with E-state index in [2.05, 4.69) is 48.0 Å². The highest BCUT2D eigenvalue weighted by Crippen LogP contribution is 2.50. The van der Waals surface area contributed by atoms with Crippen molar-refractivity contribution in [2.75, 3.05) is 6.54 Å². The zero-order valence-corrected chi connectivity index (χ0v) is 16.0. The van der Waals surface area contributed by atoms with Gasteiger partial charge >= 0.3 is 0 Å². The molecule has 7 unspecified atom stereocenters. The predicted molar refractivity (Wildman–Crippen MR) is 106 cm³/mol. The zero-order valence-electron chi connectivity index (χ0n) is 15.2. The highest BCUT2D eigenvalue weighted by atomic mass is 32.2. The topological polar surface area (TPSA) is 75.3 Å². The number of carbonyl (C=O) groups is 1. The van der Waals surface area contributed by atoms with E-state index in [0.29, 0.717) is 12.5 Å². The van der Waals surface area contributed by atoms with Crippen LogP contribution in [-0.4, -0.2) is 35.0 Å². The van der Waals surface area contributed by atoms with E-state index in [-0.39, 0.29) is 41.1 Å². The SMILES string of the molecule is CCC(CN)c1ccc(C2C(O)CCC3NC(=O)C4SC=CC4C32)cc1. The molecule has 4 nitrogen and oxygen atoms in total. The molecule has 1 saturated heterocycles. The summed E-state index contributed by atoms with van der Waals surface area (Å²) in [4.78, 5) is 12.4. The second-order valence-corrected chi connectivity index (χ2v) is 8.89. The quantitative estimate of drug-likeness (QED) is 0.760. The maximum atomic E-state index is 12.4. The van der Waals surface area contributed by atoms with E-state index < -0.39 is 0 Å². The maximum Gasteiger partial charge on any atom is 0.234 e. The molecule has 1 aliphatic carbocycles. The Balaban J connectivity index is 1.65. The minimum absolute atomic E-state index is 0.0370. The average molecular weight is 373 g/mol. The summed E-state index contributed by atoms with van der Waals surface area (Å²) in [6, 6.07) is 8.84. The third kappa shape index (κ3) is 3.00. The van der Waals surface area contributed by atoms with Crippen LogP contribution in [0.15, 0.2) is 35.7 Å². The van der Waals surface area contributed by atoms with Gasteiger partial charge in [0, 0.05) is 17.9 Å². The van der Waals surface area contributed by atoms with Crippen LogP contribution in [0.4, 0.5) is 0 Å². The Morgan fingerprint density at radius 2 is 2.08 bits per heavy atom. The minimum atomic E-state index is -0.353. The third-order valence-electron chi connectivity index (χ3n) is 6.54. The molecular weight excluding hydrogens is 344 g/mol. The molecule has 0 spiro atoms. The Hall–Kier alpha value is -1.30. The number of nitrogens with two attached hydrogens (primary N) is 1. The Morgan fingerprint density at radius 3 is 2.77 bits per heavy atom. The molecule has 1 saturated carbocycles. The molecule has 5 heteroatoms. The number of hydrogen-bond acceptors (Lipinski definition) is 4. The van der Waals surface area contributed by atoms with Crippen molar-refractivity contribution >= 4 is 17.7 Å². The van der Waals surface area contributed by atoms with E-state index in [1.807, 2.05) is 0 Å². The van der Waals surface area contributed by atoms with Crippen molar-refractivity contribution in [3.05, 3.63) is 46.9 Å². The van der Waals surface area contributed by atoms with Crippen molar-refractivity contribution in [3.8, 4) is 0 Å². The monoisotopic (exact) mass is 372 g/mol. The molecule has 0 radical (unpaired) electrons. The second-order valence-electron chi connectivity index (χ2n) is 7.83. The Morgan fingerprint density at radius 1 is 1.31 bits per heavy atom. The summed E-state index contributed by atoms with van der Waals surface area (Å²) in [7, 11) is 0. The van der Waals surface area contributed by atoms with Crippen LogP contribution in [0.1, 0.15) is 49.1 Å². The van der Waals surface area contributed by atoms with Gasteiger partial charge in [-0.05, 0) is 54.2 Å². The highest BCUT2D eigenvalue weighted by molar-refractivity contribution is 8.03. The number of allylic oxidation sites excluding steroid dienone is 1.